The molecule has 1 amide bonds. The fourth-order valence-corrected chi connectivity index (χ4v) is 3.90. The van der Waals surface area contributed by atoms with Crippen molar-refractivity contribution in [1.82, 2.24) is 0 Å². The van der Waals surface area contributed by atoms with Crippen LogP contribution in [0.5, 0.6) is 0 Å². The van der Waals surface area contributed by atoms with Crippen molar-refractivity contribution >= 4 is 35.1 Å². The van der Waals surface area contributed by atoms with Gasteiger partial charge in [0.2, 0.25) is 0 Å². The van der Waals surface area contributed by atoms with E-state index in [1.54, 1.807) is 23.5 Å². The minimum Gasteiger partial charge on any atom is -0.321 e. The number of carbonyl (C=O) groups is 1. The van der Waals surface area contributed by atoms with Gasteiger partial charge in [0.1, 0.15) is 0 Å². The molecule has 132 valence electrons. The van der Waals surface area contributed by atoms with Crippen molar-refractivity contribution in [2.75, 3.05) is 11.6 Å². The van der Waals surface area contributed by atoms with Crippen LogP contribution in [0.25, 0.3) is 0 Å². The molecule has 0 bridgehead atoms. The summed E-state index contributed by atoms with van der Waals surface area (Å²) in [5.41, 5.74) is 4.00. The van der Waals surface area contributed by atoms with Gasteiger partial charge in [-0.15, -0.1) is 23.5 Å². The molecule has 0 aliphatic heterocycles. The van der Waals surface area contributed by atoms with Crippen LogP contribution >= 0.6 is 23.5 Å². The highest BCUT2D eigenvalue weighted by molar-refractivity contribution is 7.98. The Kier molecular flexibility index (Phi) is 6.42. The standard InChI is InChI=1S/C22H21NOS2/c1-16-7-13-19(14-8-16)26-15-17-9-11-18(12-10-17)22(24)23-20-5-3-4-6-21(20)25-2/h3-14H,15H2,1-2H3,(H,23,24). The minimum absolute atomic E-state index is 0.0794. The lowest BCUT2D eigenvalue weighted by Gasteiger charge is -2.09. The lowest BCUT2D eigenvalue weighted by atomic mass is 10.1. The number of benzene rings is 3. The highest BCUT2D eigenvalue weighted by Crippen LogP contribution is 2.26. The Balaban J connectivity index is 1.61. The zero-order valence-electron chi connectivity index (χ0n) is 14.9. The molecule has 0 saturated heterocycles. The molecule has 0 unspecified atom stereocenters. The summed E-state index contributed by atoms with van der Waals surface area (Å²) < 4.78 is 0. The molecule has 0 fully saturated rings. The summed E-state index contributed by atoms with van der Waals surface area (Å²) >= 11 is 3.42. The van der Waals surface area contributed by atoms with Crippen LogP contribution in [0.1, 0.15) is 21.5 Å². The van der Waals surface area contributed by atoms with Crippen molar-refractivity contribution in [2.24, 2.45) is 0 Å². The largest absolute Gasteiger partial charge is 0.321 e. The summed E-state index contributed by atoms with van der Waals surface area (Å²) in [5, 5.41) is 3.00. The number of para-hydroxylation sites is 1. The first-order valence-corrected chi connectivity index (χ1v) is 10.6. The van der Waals surface area contributed by atoms with E-state index < -0.39 is 0 Å². The smallest absolute Gasteiger partial charge is 0.255 e. The third-order valence-corrected chi connectivity index (χ3v) is 5.88. The quantitative estimate of drug-likeness (QED) is 0.512. The molecule has 3 aromatic carbocycles. The van der Waals surface area contributed by atoms with Gasteiger partial charge in [-0.25, -0.2) is 0 Å². The number of hydrogen-bond donors (Lipinski definition) is 1. The van der Waals surface area contributed by atoms with E-state index in [1.807, 2.05) is 54.8 Å². The monoisotopic (exact) mass is 379 g/mol. The SMILES string of the molecule is CSc1ccccc1NC(=O)c1ccc(CSc2ccc(C)cc2)cc1. The van der Waals surface area contributed by atoms with Crippen molar-refractivity contribution < 1.29 is 4.79 Å². The van der Waals surface area contributed by atoms with Crippen molar-refractivity contribution in [3.8, 4) is 0 Å². The number of anilines is 1. The topological polar surface area (TPSA) is 29.1 Å². The van der Waals surface area contributed by atoms with Crippen LogP contribution in [0.4, 0.5) is 5.69 Å². The summed E-state index contributed by atoms with van der Waals surface area (Å²) in [6, 6.07) is 24.2. The maximum Gasteiger partial charge on any atom is 0.255 e. The fourth-order valence-electron chi connectivity index (χ4n) is 2.50. The van der Waals surface area contributed by atoms with Crippen LogP contribution in [0.2, 0.25) is 0 Å². The van der Waals surface area contributed by atoms with Crippen molar-refractivity contribution in [2.45, 2.75) is 22.5 Å². The molecule has 0 aliphatic rings. The lowest BCUT2D eigenvalue weighted by molar-refractivity contribution is 0.102. The summed E-state index contributed by atoms with van der Waals surface area (Å²) in [4.78, 5) is 14.8. The highest BCUT2D eigenvalue weighted by Gasteiger charge is 2.08. The van der Waals surface area contributed by atoms with E-state index in [9.17, 15) is 4.79 Å². The van der Waals surface area contributed by atoms with Gasteiger partial charge in [0, 0.05) is 21.1 Å². The number of aryl methyl sites for hydroxylation is 1. The number of carbonyl (C=O) groups excluding carboxylic acids is 1. The average Bonchev–Trinajstić information content (AvgIpc) is 2.68. The number of amides is 1. The summed E-state index contributed by atoms with van der Waals surface area (Å²) in [7, 11) is 0. The second kappa shape index (κ2) is 8.97. The number of hydrogen-bond acceptors (Lipinski definition) is 3. The van der Waals surface area contributed by atoms with E-state index in [2.05, 4.69) is 36.5 Å². The molecule has 4 heteroatoms. The summed E-state index contributed by atoms with van der Waals surface area (Å²) in [6.07, 6.45) is 2.01. The highest BCUT2D eigenvalue weighted by atomic mass is 32.2. The van der Waals surface area contributed by atoms with E-state index in [0.717, 1.165) is 16.3 Å². The van der Waals surface area contributed by atoms with Gasteiger partial charge in [0.05, 0.1) is 5.69 Å². The van der Waals surface area contributed by atoms with E-state index >= 15 is 0 Å². The molecule has 0 aromatic heterocycles. The molecule has 0 atom stereocenters. The molecular formula is C22H21NOS2. The summed E-state index contributed by atoms with van der Waals surface area (Å²) in [5.74, 6) is 0.810. The molecule has 0 spiro atoms. The molecule has 3 rings (SSSR count). The Morgan fingerprint density at radius 2 is 1.62 bits per heavy atom. The van der Waals surface area contributed by atoms with Crippen LogP contribution in [-0.2, 0) is 5.75 Å². The third kappa shape index (κ3) is 4.93. The number of thioether (sulfide) groups is 2. The molecule has 26 heavy (non-hydrogen) atoms. The summed E-state index contributed by atoms with van der Waals surface area (Å²) in [6.45, 7) is 2.09. The van der Waals surface area contributed by atoms with Gasteiger partial charge >= 0.3 is 0 Å². The Morgan fingerprint density at radius 1 is 0.923 bits per heavy atom. The first-order valence-electron chi connectivity index (χ1n) is 8.38. The van der Waals surface area contributed by atoms with Gasteiger partial charge in [-0.2, -0.15) is 0 Å². The Bertz CT molecular complexity index is 873. The lowest BCUT2D eigenvalue weighted by Crippen LogP contribution is -2.12. The molecule has 3 aromatic rings. The van der Waals surface area contributed by atoms with Gasteiger partial charge in [0.25, 0.3) is 5.91 Å². The molecule has 2 nitrogen and oxygen atoms in total. The average molecular weight is 380 g/mol. The van der Waals surface area contributed by atoms with Gasteiger partial charge < -0.3 is 5.32 Å². The van der Waals surface area contributed by atoms with Gasteiger partial charge in [-0.05, 0) is 55.1 Å². The van der Waals surface area contributed by atoms with E-state index in [0.29, 0.717) is 5.56 Å². The Labute approximate surface area is 163 Å². The van der Waals surface area contributed by atoms with Crippen molar-refractivity contribution in [1.29, 1.82) is 0 Å². The van der Waals surface area contributed by atoms with Crippen LogP contribution in [0, 0.1) is 6.92 Å². The number of nitrogens with one attached hydrogen (secondary N) is 1. The molecule has 0 saturated carbocycles. The van der Waals surface area contributed by atoms with Gasteiger partial charge in [-0.1, -0.05) is 42.0 Å². The second-order valence-corrected chi connectivity index (χ2v) is 7.85. The zero-order valence-corrected chi connectivity index (χ0v) is 16.5. The fraction of sp³-hybridized carbons (Fsp3) is 0.136. The van der Waals surface area contributed by atoms with E-state index in [-0.39, 0.29) is 5.91 Å². The van der Waals surface area contributed by atoms with Gasteiger partial charge in [0.15, 0.2) is 0 Å². The van der Waals surface area contributed by atoms with E-state index in [4.69, 9.17) is 0 Å². The first-order chi connectivity index (χ1) is 12.7. The number of rotatable bonds is 6. The van der Waals surface area contributed by atoms with Crippen LogP contribution in [0.15, 0.2) is 82.6 Å². The second-order valence-electron chi connectivity index (χ2n) is 5.95. The Morgan fingerprint density at radius 3 is 2.31 bits per heavy atom. The predicted molar refractivity (Wildman–Crippen MR) is 113 cm³/mol. The molecule has 0 radical (unpaired) electrons. The maximum absolute atomic E-state index is 12.5. The predicted octanol–water partition coefficient (Wildman–Crippen LogP) is 6.26. The molecule has 0 heterocycles. The minimum atomic E-state index is -0.0794. The van der Waals surface area contributed by atoms with Gasteiger partial charge in [-0.3, -0.25) is 4.79 Å². The molecular weight excluding hydrogens is 358 g/mol. The normalized spacial score (nSPS) is 10.5. The van der Waals surface area contributed by atoms with E-state index in [1.165, 1.54) is 16.0 Å². The first kappa shape index (κ1) is 18.6. The third-order valence-electron chi connectivity index (χ3n) is 4.00. The maximum atomic E-state index is 12.5. The molecule has 1 N–H and O–H groups in total. The molecule has 0 aliphatic carbocycles. The van der Waals surface area contributed by atoms with Crippen LogP contribution in [-0.4, -0.2) is 12.2 Å². The van der Waals surface area contributed by atoms with Crippen LogP contribution < -0.4 is 5.32 Å². The Hall–Kier alpha value is -2.17. The van der Waals surface area contributed by atoms with Crippen molar-refractivity contribution in [3.05, 3.63) is 89.5 Å². The zero-order chi connectivity index (χ0) is 18.4. The van der Waals surface area contributed by atoms with Crippen LogP contribution in [0.3, 0.4) is 0 Å². The van der Waals surface area contributed by atoms with Crippen molar-refractivity contribution in [3.63, 3.8) is 0 Å².